The van der Waals surface area contributed by atoms with Gasteiger partial charge in [0.05, 0.1) is 31.4 Å². The Morgan fingerprint density at radius 3 is 1.70 bits per heavy atom. The van der Waals surface area contributed by atoms with Crippen molar-refractivity contribution >= 4 is 38.0 Å². The van der Waals surface area contributed by atoms with Gasteiger partial charge in [0, 0.05) is 8.95 Å². The summed E-state index contributed by atoms with van der Waals surface area (Å²) in [5, 5.41) is 40.3. The maximum absolute atomic E-state index is 11.7. The van der Waals surface area contributed by atoms with Crippen LogP contribution in [0.4, 0.5) is 4.79 Å². The number of nitrogens with one attached hydrogen (secondary N) is 1. The molecule has 2 aromatic carbocycles. The molecule has 0 fully saturated rings. The number of ether oxygens (including phenoxy) is 1. The first kappa shape index (κ1) is 29.5. The number of amides is 1. The second kappa shape index (κ2) is 14.0. The van der Waals surface area contributed by atoms with Crippen LogP contribution in [0.15, 0.2) is 57.5 Å². The van der Waals surface area contributed by atoms with Crippen LogP contribution in [0.3, 0.4) is 0 Å². The van der Waals surface area contributed by atoms with Crippen LogP contribution in [0.25, 0.3) is 0 Å². The summed E-state index contributed by atoms with van der Waals surface area (Å²) in [6.45, 7) is 4.61. The number of hydrogen-bond donors (Lipinski definition) is 6. The van der Waals surface area contributed by atoms with E-state index in [0.29, 0.717) is 11.1 Å². The van der Waals surface area contributed by atoms with Crippen molar-refractivity contribution in [3.63, 3.8) is 0 Å². The minimum atomic E-state index is -1.01. The summed E-state index contributed by atoms with van der Waals surface area (Å²) in [4.78, 5) is 11.7. The first-order valence-corrected chi connectivity index (χ1v) is 11.8. The molecule has 0 heterocycles. The van der Waals surface area contributed by atoms with Gasteiger partial charge in [-0.1, -0.05) is 56.1 Å². The lowest BCUT2D eigenvalue weighted by atomic mass is 10.0. The number of hydrogen-bond acceptors (Lipinski definition) is 7. The Morgan fingerprint density at radius 1 is 0.909 bits per heavy atom. The standard InChI is InChI=1S/C14H20BrNO4.C9H12BrNO2/c1-14(2,3)20-13(19)16-11(8-17)12(18)9-4-6-10(15)7-5-9;10-7-3-1-6(2-4-7)9(13)8(11)5-12/h4-7,11-12,17-18H,8H2,1-3H3,(H,16,19);1-4,8-9,12-13H,5,11H2/t11-,12-;8-,9-/m11/s1. The average molecular weight is 592 g/mol. The van der Waals surface area contributed by atoms with E-state index in [0.717, 1.165) is 8.95 Å². The number of aliphatic hydroxyl groups excluding tert-OH is 4. The van der Waals surface area contributed by atoms with Gasteiger partial charge in [-0.05, 0) is 56.2 Å². The zero-order valence-electron chi connectivity index (χ0n) is 18.8. The highest BCUT2D eigenvalue weighted by atomic mass is 79.9. The molecule has 0 saturated heterocycles. The van der Waals surface area contributed by atoms with Crippen molar-refractivity contribution in [3.05, 3.63) is 68.6 Å². The molecule has 0 radical (unpaired) electrons. The van der Waals surface area contributed by atoms with E-state index in [-0.39, 0.29) is 6.61 Å². The third kappa shape index (κ3) is 11.0. The average Bonchev–Trinajstić information content (AvgIpc) is 2.76. The molecule has 0 unspecified atom stereocenters. The fourth-order valence-electron chi connectivity index (χ4n) is 2.58. The molecule has 0 bridgehead atoms. The Bertz CT molecular complexity index is 844. The highest BCUT2D eigenvalue weighted by Crippen LogP contribution is 2.20. The van der Waals surface area contributed by atoms with Gasteiger partial charge in [-0.3, -0.25) is 0 Å². The zero-order chi connectivity index (χ0) is 25.2. The molecule has 1 amide bonds. The number of nitrogens with two attached hydrogens (primary N) is 1. The molecule has 2 aromatic rings. The van der Waals surface area contributed by atoms with Crippen molar-refractivity contribution in [3.8, 4) is 0 Å². The summed E-state index contributed by atoms with van der Waals surface area (Å²) < 4.78 is 6.92. The molecular weight excluding hydrogens is 560 g/mol. The van der Waals surface area contributed by atoms with Crippen LogP contribution in [0.2, 0.25) is 0 Å². The minimum absolute atomic E-state index is 0.225. The van der Waals surface area contributed by atoms with E-state index in [2.05, 4.69) is 37.2 Å². The molecule has 33 heavy (non-hydrogen) atoms. The molecule has 0 aliphatic carbocycles. The zero-order valence-corrected chi connectivity index (χ0v) is 22.0. The molecule has 2 rings (SSSR count). The molecule has 0 aliphatic heterocycles. The molecule has 7 N–H and O–H groups in total. The van der Waals surface area contributed by atoms with E-state index in [1.807, 2.05) is 12.1 Å². The third-order valence-electron chi connectivity index (χ3n) is 4.32. The van der Waals surface area contributed by atoms with Crippen LogP contribution in [0, 0.1) is 0 Å². The Kier molecular flexibility index (Phi) is 12.5. The van der Waals surface area contributed by atoms with Gasteiger partial charge in [0.15, 0.2) is 0 Å². The van der Waals surface area contributed by atoms with Crippen LogP contribution >= 0.6 is 31.9 Å². The van der Waals surface area contributed by atoms with Crippen molar-refractivity contribution in [2.75, 3.05) is 13.2 Å². The molecule has 0 aromatic heterocycles. The van der Waals surface area contributed by atoms with Crippen molar-refractivity contribution in [1.29, 1.82) is 0 Å². The van der Waals surface area contributed by atoms with E-state index >= 15 is 0 Å². The number of carbonyl (C=O) groups is 1. The van der Waals surface area contributed by atoms with E-state index in [1.54, 1.807) is 57.2 Å². The number of alkyl carbamates (subject to hydrolysis) is 1. The van der Waals surface area contributed by atoms with E-state index in [1.165, 1.54) is 0 Å². The first-order valence-electron chi connectivity index (χ1n) is 10.2. The molecule has 4 atom stereocenters. The SMILES string of the molecule is CC(C)(C)OC(=O)N[C@H](CO)[C@H](O)c1ccc(Br)cc1.N[C@H](CO)[C@H](O)c1ccc(Br)cc1. The fourth-order valence-corrected chi connectivity index (χ4v) is 3.11. The Morgan fingerprint density at radius 2 is 1.33 bits per heavy atom. The molecular formula is C23H32Br2N2O6. The second-order valence-corrected chi connectivity index (χ2v) is 10.1. The predicted octanol–water partition coefficient (Wildman–Crippen LogP) is 3.17. The maximum atomic E-state index is 11.7. The third-order valence-corrected chi connectivity index (χ3v) is 5.38. The molecule has 0 aliphatic rings. The van der Waals surface area contributed by atoms with Gasteiger partial charge in [-0.25, -0.2) is 4.79 Å². The topological polar surface area (TPSA) is 145 Å². The van der Waals surface area contributed by atoms with Crippen LogP contribution in [-0.2, 0) is 4.74 Å². The quantitative estimate of drug-likeness (QED) is 0.290. The Labute approximate surface area is 211 Å². The molecule has 0 spiro atoms. The van der Waals surface area contributed by atoms with Crippen LogP contribution < -0.4 is 11.1 Å². The lowest BCUT2D eigenvalue weighted by Gasteiger charge is -2.25. The monoisotopic (exact) mass is 590 g/mol. The molecule has 0 saturated carbocycles. The highest BCUT2D eigenvalue weighted by Gasteiger charge is 2.25. The number of halogens is 2. The van der Waals surface area contributed by atoms with Gasteiger partial charge in [0.25, 0.3) is 0 Å². The minimum Gasteiger partial charge on any atom is -0.444 e. The van der Waals surface area contributed by atoms with E-state index in [9.17, 15) is 20.1 Å². The van der Waals surface area contributed by atoms with Gasteiger partial charge in [-0.15, -0.1) is 0 Å². The number of aliphatic hydroxyl groups is 4. The van der Waals surface area contributed by atoms with Crippen molar-refractivity contribution < 1.29 is 30.0 Å². The number of carbonyl (C=O) groups excluding carboxylic acids is 1. The number of benzene rings is 2. The molecule has 184 valence electrons. The molecule has 8 nitrogen and oxygen atoms in total. The van der Waals surface area contributed by atoms with Crippen molar-refractivity contribution in [2.24, 2.45) is 5.73 Å². The smallest absolute Gasteiger partial charge is 0.408 e. The summed E-state index contributed by atoms with van der Waals surface area (Å²) in [7, 11) is 0. The number of rotatable bonds is 7. The lowest BCUT2D eigenvalue weighted by molar-refractivity contribution is 0.0349. The van der Waals surface area contributed by atoms with Gasteiger partial charge >= 0.3 is 6.09 Å². The van der Waals surface area contributed by atoms with Gasteiger partial charge in [0.2, 0.25) is 0 Å². The first-order chi connectivity index (χ1) is 15.4. The second-order valence-electron chi connectivity index (χ2n) is 8.27. The Balaban J connectivity index is 0.000000361. The predicted molar refractivity (Wildman–Crippen MR) is 134 cm³/mol. The summed E-state index contributed by atoms with van der Waals surface area (Å²) in [5.41, 5.74) is 6.16. The maximum Gasteiger partial charge on any atom is 0.408 e. The summed E-state index contributed by atoms with van der Waals surface area (Å²) in [5.74, 6) is 0. The van der Waals surface area contributed by atoms with Crippen LogP contribution in [0.5, 0.6) is 0 Å². The van der Waals surface area contributed by atoms with Crippen LogP contribution in [0.1, 0.15) is 44.1 Å². The van der Waals surface area contributed by atoms with Gasteiger partial charge in [-0.2, -0.15) is 0 Å². The largest absolute Gasteiger partial charge is 0.444 e. The van der Waals surface area contributed by atoms with Gasteiger partial charge < -0.3 is 36.2 Å². The summed E-state index contributed by atoms with van der Waals surface area (Å²) in [6.07, 6.45) is -2.49. The highest BCUT2D eigenvalue weighted by molar-refractivity contribution is 9.10. The van der Waals surface area contributed by atoms with Crippen molar-refractivity contribution in [2.45, 2.75) is 50.7 Å². The Hall–Kier alpha value is -1.53. The normalized spacial score (nSPS) is 14.8. The summed E-state index contributed by atoms with van der Waals surface area (Å²) >= 11 is 6.59. The fraction of sp³-hybridized carbons (Fsp3) is 0.435. The van der Waals surface area contributed by atoms with Crippen molar-refractivity contribution in [1.82, 2.24) is 5.32 Å². The lowest BCUT2D eigenvalue weighted by Crippen LogP contribution is -2.44. The van der Waals surface area contributed by atoms with Gasteiger partial charge in [0.1, 0.15) is 11.7 Å². The molecule has 10 heteroatoms. The summed E-state index contributed by atoms with van der Waals surface area (Å²) in [6, 6.07) is 12.7. The van der Waals surface area contributed by atoms with E-state index in [4.69, 9.17) is 15.6 Å². The van der Waals surface area contributed by atoms with E-state index < -0.39 is 42.6 Å². The van der Waals surface area contributed by atoms with Crippen LogP contribution in [-0.4, -0.2) is 57.4 Å².